The second-order valence-electron chi connectivity index (χ2n) is 4.38. The molecule has 0 unspecified atom stereocenters. The van der Waals surface area contributed by atoms with E-state index in [0.29, 0.717) is 5.02 Å². The molecule has 1 amide bonds. The largest absolute Gasteiger partial charge is 0.273 e. The van der Waals surface area contributed by atoms with Crippen LogP contribution in [-0.4, -0.2) is 14.3 Å². The minimum absolute atomic E-state index is 0.0690. The van der Waals surface area contributed by atoms with Gasteiger partial charge in [0.2, 0.25) is 0 Å². The summed E-state index contributed by atoms with van der Waals surface area (Å²) in [5, 5.41) is 0.393. The van der Waals surface area contributed by atoms with Crippen molar-refractivity contribution >= 4 is 27.5 Å². The molecule has 0 atom stereocenters. The Morgan fingerprint density at radius 3 is 2.38 bits per heavy atom. The Morgan fingerprint density at radius 2 is 1.76 bits per heavy atom. The summed E-state index contributed by atoms with van der Waals surface area (Å²) >= 11 is 5.77. The molecule has 110 valence electrons. The predicted octanol–water partition coefficient (Wildman–Crippen LogP) is 2.27. The molecule has 2 aromatic rings. The van der Waals surface area contributed by atoms with Crippen molar-refractivity contribution in [2.45, 2.75) is 11.8 Å². The fourth-order valence-electron chi connectivity index (χ4n) is 1.59. The highest BCUT2D eigenvalue weighted by molar-refractivity contribution is 7.89. The molecule has 7 heteroatoms. The molecule has 0 spiro atoms. The van der Waals surface area contributed by atoms with Gasteiger partial charge in [0, 0.05) is 10.6 Å². The number of nitrogens with one attached hydrogen (secondary N) is 2. The Balaban J connectivity index is 2.08. The van der Waals surface area contributed by atoms with Gasteiger partial charge in [-0.1, -0.05) is 35.4 Å². The van der Waals surface area contributed by atoms with Crippen LogP contribution >= 0.6 is 11.6 Å². The monoisotopic (exact) mass is 324 g/mol. The van der Waals surface area contributed by atoms with Gasteiger partial charge in [0.15, 0.2) is 0 Å². The number of hydrazine groups is 1. The first-order valence-electron chi connectivity index (χ1n) is 6.03. The van der Waals surface area contributed by atoms with Gasteiger partial charge in [-0.3, -0.25) is 10.2 Å². The van der Waals surface area contributed by atoms with Crippen LogP contribution in [0.2, 0.25) is 5.02 Å². The molecular formula is C14H13ClN2O3S. The van der Waals surface area contributed by atoms with Crippen molar-refractivity contribution in [3.8, 4) is 0 Å². The van der Waals surface area contributed by atoms with Gasteiger partial charge in [-0.25, -0.2) is 8.42 Å². The number of benzene rings is 2. The average Bonchev–Trinajstić information content (AvgIpc) is 2.45. The number of rotatable bonds is 4. The molecule has 21 heavy (non-hydrogen) atoms. The number of aryl methyl sites for hydroxylation is 1. The third-order valence-corrected chi connectivity index (χ3v) is 4.22. The van der Waals surface area contributed by atoms with Gasteiger partial charge in [-0.05, 0) is 37.3 Å². The quantitative estimate of drug-likeness (QED) is 0.847. The summed E-state index contributed by atoms with van der Waals surface area (Å²) in [4.78, 5) is 13.9. The highest BCUT2D eigenvalue weighted by atomic mass is 35.5. The Labute approximate surface area is 128 Å². The minimum atomic E-state index is -3.81. The molecule has 0 aromatic heterocycles. The van der Waals surface area contributed by atoms with E-state index in [1.807, 2.05) is 11.8 Å². The van der Waals surface area contributed by atoms with Crippen molar-refractivity contribution in [1.29, 1.82) is 0 Å². The highest BCUT2D eigenvalue weighted by Gasteiger charge is 2.15. The first-order valence-corrected chi connectivity index (χ1v) is 7.89. The van der Waals surface area contributed by atoms with Gasteiger partial charge in [-0.15, -0.1) is 4.83 Å². The van der Waals surface area contributed by atoms with E-state index in [4.69, 9.17) is 11.6 Å². The maximum atomic E-state index is 12.0. The van der Waals surface area contributed by atoms with Crippen molar-refractivity contribution in [1.82, 2.24) is 10.3 Å². The SMILES string of the molecule is Cc1ccc(S(=O)(=O)NNC(=O)c2cccc(Cl)c2)cc1. The van der Waals surface area contributed by atoms with Crippen LogP contribution in [0.4, 0.5) is 0 Å². The lowest BCUT2D eigenvalue weighted by Crippen LogP contribution is -2.41. The molecule has 5 nitrogen and oxygen atoms in total. The van der Waals surface area contributed by atoms with E-state index in [2.05, 4.69) is 5.43 Å². The Morgan fingerprint density at radius 1 is 1.10 bits per heavy atom. The lowest BCUT2D eigenvalue weighted by atomic mass is 10.2. The predicted molar refractivity (Wildman–Crippen MR) is 80.4 cm³/mol. The Bertz CT molecular complexity index is 758. The summed E-state index contributed by atoms with van der Waals surface area (Å²) in [6.07, 6.45) is 0. The molecule has 0 radical (unpaired) electrons. The molecular weight excluding hydrogens is 312 g/mol. The van der Waals surface area contributed by atoms with Crippen LogP contribution in [-0.2, 0) is 10.0 Å². The maximum Gasteiger partial charge on any atom is 0.266 e. The minimum Gasteiger partial charge on any atom is -0.273 e. The zero-order chi connectivity index (χ0) is 15.5. The van der Waals surface area contributed by atoms with Crippen LogP contribution in [0.5, 0.6) is 0 Å². The molecule has 0 fully saturated rings. The third kappa shape index (κ3) is 4.04. The van der Waals surface area contributed by atoms with Crippen LogP contribution in [0, 0.1) is 6.92 Å². The number of carbonyl (C=O) groups is 1. The maximum absolute atomic E-state index is 12.0. The van der Waals surface area contributed by atoms with Gasteiger partial charge in [0.1, 0.15) is 0 Å². The van der Waals surface area contributed by atoms with Crippen molar-refractivity contribution in [2.75, 3.05) is 0 Å². The normalized spacial score (nSPS) is 11.1. The summed E-state index contributed by atoms with van der Waals surface area (Å²) in [7, 11) is -3.81. The molecule has 0 aliphatic heterocycles. The van der Waals surface area contributed by atoms with Gasteiger partial charge in [0.05, 0.1) is 4.90 Å². The van der Waals surface area contributed by atoms with Crippen LogP contribution < -0.4 is 10.3 Å². The first-order chi connectivity index (χ1) is 9.88. The third-order valence-electron chi connectivity index (χ3n) is 2.72. The molecule has 2 N–H and O–H groups in total. The second kappa shape index (κ2) is 6.26. The van der Waals surface area contributed by atoms with Crippen LogP contribution in [0.25, 0.3) is 0 Å². The van der Waals surface area contributed by atoms with Gasteiger partial charge in [0.25, 0.3) is 15.9 Å². The Kier molecular flexibility index (Phi) is 4.62. The zero-order valence-corrected chi connectivity index (χ0v) is 12.7. The summed E-state index contributed by atoms with van der Waals surface area (Å²) in [6, 6.07) is 12.5. The summed E-state index contributed by atoms with van der Waals surface area (Å²) in [5.41, 5.74) is 3.34. The van der Waals surface area contributed by atoms with E-state index < -0.39 is 15.9 Å². The topological polar surface area (TPSA) is 75.3 Å². The van der Waals surface area contributed by atoms with Gasteiger partial charge >= 0.3 is 0 Å². The Hall–Kier alpha value is -1.89. The van der Waals surface area contributed by atoms with Crippen molar-refractivity contribution in [3.05, 3.63) is 64.7 Å². The molecule has 0 saturated heterocycles. The van der Waals surface area contributed by atoms with E-state index in [0.717, 1.165) is 5.56 Å². The highest BCUT2D eigenvalue weighted by Crippen LogP contribution is 2.11. The fourth-order valence-corrected chi connectivity index (χ4v) is 2.62. The molecule has 0 saturated carbocycles. The van der Waals surface area contributed by atoms with Crippen LogP contribution in [0.1, 0.15) is 15.9 Å². The molecule has 0 heterocycles. The molecule has 0 aliphatic rings. The number of hydrogen-bond acceptors (Lipinski definition) is 3. The van der Waals surface area contributed by atoms with Gasteiger partial charge in [-0.2, -0.15) is 0 Å². The van der Waals surface area contributed by atoms with Crippen molar-refractivity contribution in [2.24, 2.45) is 0 Å². The van der Waals surface area contributed by atoms with Gasteiger partial charge < -0.3 is 0 Å². The standard InChI is InChI=1S/C14H13ClN2O3S/c1-10-5-7-13(8-6-10)21(19,20)17-16-14(18)11-3-2-4-12(15)9-11/h2-9,17H,1H3,(H,16,18). The summed E-state index contributed by atoms with van der Waals surface area (Å²) in [6.45, 7) is 1.85. The zero-order valence-electron chi connectivity index (χ0n) is 11.1. The van der Waals surface area contributed by atoms with Crippen molar-refractivity contribution < 1.29 is 13.2 Å². The molecule has 2 rings (SSSR count). The van der Waals surface area contributed by atoms with E-state index >= 15 is 0 Å². The van der Waals surface area contributed by atoms with Crippen LogP contribution in [0.3, 0.4) is 0 Å². The summed E-state index contributed by atoms with van der Waals surface area (Å²) in [5.74, 6) is -0.590. The van der Waals surface area contributed by atoms with E-state index in [1.54, 1.807) is 24.3 Å². The van der Waals surface area contributed by atoms with E-state index in [9.17, 15) is 13.2 Å². The molecule has 0 bridgehead atoms. The number of amides is 1. The summed E-state index contributed by atoms with van der Waals surface area (Å²) < 4.78 is 24.0. The number of sulfonamides is 1. The lowest BCUT2D eigenvalue weighted by Gasteiger charge is -2.08. The number of hydrogen-bond donors (Lipinski definition) is 2. The first kappa shape index (κ1) is 15.5. The second-order valence-corrected chi connectivity index (χ2v) is 6.50. The smallest absolute Gasteiger partial charge is 0.266 e. The molecule has 2 aromatic carbocycles. The van der Waals surface area contributed by atoms with Crippen LogP contribution in [0.15, 0.2) is 53.4 Å². The number of carbonyl (C=O) groups excluding carboxylic acids is 1. The van der Waals surface area contributed by atoms with E-state index in [1.165, 1.54) is 24.3 Å². The van der Waals surface area contributed by atoms with E-state index in [-0.39, 0.29) is 10.5 Å². The lowest BCUT2D eigenvalue weighted by molar-refractivity contribution is 0.0945. The van der Waals surface area contributed by atoms with Crippen molar-refractivity contribution in [3.63, 3.8) is 0 Å². The molecule has 0 aliphatic carbocycles. The fraction of sp³-hybridized carbons (Fsp3) is 0.0714. The average molecular weight is 325 g/mol. The number of halogens is 1.